The summed E-state index contributed by atoms with van der Waals surface area (Å²) < 4.78 is 17.0. The Balaban J connectivity index is 0.000000471. The van der Waals surface area contributed by atoms with E-state index in [1.165, 1.54) is 25.3 Å². The number of phenolic OH excluding ortho intramolecular Hbond substituents is 2. The van der Waals surface area contributed by atoms with Crippen molar-refractivity contribution < 1.29 is 73.9 Å². The van der Waals surface area contributed by atoms with Crippen molar-refractivity contribution >= 4 is 29.3 Å². The highest BCUT2D eigenvalue weighted by Gasteiger charge is 2.50. The molecular weight excluding hydrogens is 652 g/mol. The van der Waals surface area contributed by atoms with E-state index in [-0.39, 0.29) is 47.3 Å². The second-order valence-corrected chi connectivity index (χ2v) is 12.0. The molecule has 2 aromatic carbocycles. The summed E-state index contributed by atoms with van der Waals surface area (Å²) in [6.45, 7) is 0.560. The number of rotatable bonds is 9. The Morgan fingerprint density at radius 1 is 1.08 bits per heavy atom. The van der Waals surface area contributed by atoms with Crippen LogP contribution >= 0.6 is 0 Å². The Morgan fingerprint density at radius 3 is 2.31 bits per heavy atom. The third-order valence-electron chi connectivity index (χ3n) is 8.79. The topological polar surface area (TPSA) is 307 Å². The smallest absolute Gasteiger partial charge is 0.320 e. The molecular formula is C32H38N2O15. The molecule has 0 amide bonds. The van der Waals surface area contributed by atoms with Crippen LogP contribution in [0, 0.1) is 0 Å². The fraction of sp³-hybridized carbons (Fsp3) is 0.469. The van der Waals surface area contributed by atoms with E-state index in [0.29, 0.717) is 0 Å². The maximum absolute atomic E-state index is 13.6. The molecule has 49 heavy (non-hydrogen) atoms. The number of carboxylic acid groups (broad SMARTS) is 2. The number of carbonyl (C=O) groups excluding carboxylic acids is 3. The number of carboxylic acids is 2. The molecule has 1 heterocycles. The summed E-state index contributed by atoms with van der Waals surface area (Å²) in [5.74, 6) is -5.97. The monoisotopic (exact) mass is 690 g/mol. The lowest BCUT2D eigenvalue weighted by atomic mass is 9.72. The lowest BCUT2D eigenvalue weighted by Gasteiger charge is -2.42. The second-order valence-electron chi connectivity index (χ2n) is 12.0. The molecule has 1 unspecified atom stereocenters. The minimum Gasteiger partial charge on any atom is -0.507 e. The Labute approximate surface area is 278 Å². The van der Waals surface area contributed by atoms with E-state index in [0.717, 1.165) is 0 Å². The zero-order chi connectivity index (χ0) is 36.5. The lowest BCUT2D eigenvalue weighted by Crippen LogP contribution is -2.53. The number of ether oxygens (including phenoxy) is 3. The van der Waals surface area contributed by atoms with Crippen LogP contribution in [-0.2, 0) is 30.3 Å². The van der Waals surface area contributed by atoms with Gasteiger partial charge in [-0.15, -0.1) is 0 Å². The Hall–Kier alpha value is -4.49. The molecule has 1 aliphatic heterocycles. The average molecular weight is 691 g/mol. The first kappa shape index (κ1) is 37.3. The van der Waals surface area contributed by atoms with Crippen molar-refractivity contribution in [2.24, 2.45) is 11.5 Å². The summed E-state index contributed by atoms with van der Waals surface area (Å²) in [5.41, 5.74) is 7.38. The molecule has 0 saturated carbocycles. The maximum Gasteiger partial charge on any atom is 0.320 e. The van der Waals surface area contributed by atoms with Crippen molar-refractivity contribution in [3.8, 4) is 17.2 Å². The average Bonchev–Trinajstić information content (AvgIpc) is 3.05. The van der Waals surface area contributed by atoms with Crippen LogP contribution in [0.4, 0.5) is 0 Å². The summed E-state index contributed by atoms with van der Waals surface area (Å²) in [4.78, 5) is 59.6. The summed E-state index contributed by atoms with van der Waals surface area (Å²) in [6, 6.07) is 2.58. The van der Waals surface area contributed by atoms with Crippen molar-refractivity contribution in [1.29, 1.82) is 0 Å². The van der Waals surface area contributed by atoms with Crippen LogP contribution in [0.3, 0.4) is 0 Å². The predicted molar refractivity (Wildman–Crippen MR) is 164 cm³/mol. The highest BCUT2D eigenvalue weighted by molar-refractivity contribution is 6.31. The van der Waals surface area contributed by atoms with E-state index in [2.05, 4.69) is 0 Å². The number of aliphatic hydroxyl groups is 3. The molecule has 2 aromatic rings. The third-order valence-corrected chi connectivity index (χ3v) is 8.79. The molecule has 2 aliphatic carbocycles. The van der Waals surface area contributed by atoms with Gasteiger partial charge < -0.3 is 61.4 Å². The largest absolute Gasteiger partial charge is 0.507 e. The van der Waals surface area contributed by atoms with Crippen molar-refractivity contribution in [3.05, 3.63) is 51.6 Å². The molecule has 266 valence electrons. The molecule has 3 aliphatic rings. The van der Waals surface area contributed by atoms with Gasteiger partial charge in [0.25, 0.3) is 0 Å². The van der Waals surface area contributed by atoms with E-state index < -0.39 is 114 Å². The summed E-state index contributed by atoms with van der Waals surface area (Å²) in [6.07, 6.45) is -5.35. The molecule has 17 nitrogen and oxygen atoms in total. The van der Waals surface area contributed by atoms with Gasteiger partial charge in [-0.2, -0.15) is 0 Å². The van der Waals surface area contributed by atoms with Gasteiger partial charge in [0.2, 0.25) is 5.78 Å². The van der Waals surface area contributed by atoms with Gasteiger partial charge in [0.1, 0.15) is 35.5 Å². The molecule has 0 radical (unpaired) electrons. The molecule has 17 heteroatoms. The van der Waals surface area contributed by atoms with E-state index >= 15 is 0 Å². The van der Waals surface area contributed by atoms with Gasteiger partial charge in [0, 0.05) is 48.4 Å². The standard InChI is InChI=1S/C27H29NO11.C5H9NO4/c1-10-22(31)13(28)6-17(38-10)39-15-8-27(36,16(30)9-29)7-12-19(15)26(35)21-20(24(12)33)23(32)11-4-3-5-14(37-2)18(11)25(21)34;6-3(5(9)10)1-2-4(7)8/h3-5,10,13,15,17,22,29,31,33,35-36H,6-9,28H2,1-2H3;3H,1-2,6H2,(H,7,8)(H,9,10)/t10-,13-,15-,17-,22+,27-;/m0./s1. The number of fused-ring (bicyclic) bond motifs is 3. The van der Waals surface area contributed by atoms with Gasteiger partial charge >= 0.3 is 11.9 Å². The summed E-state index contributed by atoms with van der Waals surface area (Å²) in [5, 5.41) is 70.0. The van der Waals surface area contributed by atoms with Crippen molar-refractivity contribution in [3.63, 3.8) is 0 Å². The Morgan fingerprint density at radius 2 is 1.73 bits per heavy atom. The Bertz CT molecular complexity index is 1660. The van der Waals surface area contributed by atoms with Gasteiger partial charge in [-0.05, 0) is 19.4 Å². The minimum absolute atomic E-state index is 0.0173. The fourth-order valence-electron chi connectivity index (χ4n) is 6.15. The number of aromatic hydroxyl groups is 2. The molecule has 1 fully saturated rings. The highest BCUT2D eigenvalue weighted by Crippen LogP contribution is 2.52. The number of ketones is 3. The first-order valence-electron chi connectivity index (χ1n) is 15.2. The molecule has 0 aromatic heterocycles. The van der Waals surface area contributed by atoms with Crippen LogP contribution in [0.1, 0.15) is 81.7 Å². The van der Waals surface area contributed by atoms with Gasteiger partial charge in [-0.3, -0.25) is 24.0 Å². The van der Waals surface area contributed by atoms with Gasteiger partial charge in [-0.25, -0.2) is 0 Å². The zero-order valence-corrected chi connectivity index (χ0v) is 26.5. The number of methoxy groups -OCH3 is 1. The van der Waals surface area contributed by atoms with Crippen LogP contribution in [0.15, 0.2) is 18.2 Å². The number of hydrogen-bond acceptors (Lipinski definition) is 15. The normalized spacial score (nSPS) is 26.3. The summed E-state index contributed by atoms with van der Waals surface area (Å²) in [7, 11) is 1.32. The number of nitrogens with two attached hydrogens (primary N) is 2. The predicted octanol–water partition coefficient (Wildman–Crippen LogP) is -0.736. The molecule has 5 rings (SSSR count). The van der Waals surface area contributed by atoms with E-state index in [1.54, 1.807) is 6.92 Å². The number of aliphatic hydroxyl groups excluding tert-OH is 2. The third kappa shape index (κ3) is 7.13. The first-order valence-corrected chi connectivity index (χ1v) is 15.2. The number of benzene rings is 2. The van der Waals surface area contributed by atoms with Gasteiger partial charge in [-0.1, -0.05) is 12.1 Å². The number of phenols is 2. The van der Waals surface area contributed by atoms with Crippen LogP contribution < -0.4 is 16.2 Å². The summed E-state index contributed by atoms with van der Waals surface area (Å²) >= 11 is 0. The number of Topliss-reactive ketones (excluding diaryl/α,β-unsaturated/α-hetero) is 1. The van der Waals surface area contributed by atoms with Gasteiger partial charge in [0.15, 0.2) is 17.9 Å². The molecule has 7 atom stereocenters. The van der Waals surface area contributed by atoms with Crippen molar-refractivity contribution in [1.82, 2.24) is 0 Å². The van der Waals surface area contributed by atoms with E-state index in [1.807, 2.05) is 0 Å². The van der Waals surface area contributed by atoms with Crippen molar-refractivity contribution in [2.75, 3.05) is 13.7 Å². The van der Waals surface area contributed by atoms with Crippen molar-refractivity contribution in [2.45, 2.75) is 81.3 Å². The van der Waals surface area contributed by atoms with Crippen LogP contribution in [0.2, 0.25) is 0 Å². The zero-order valence-electron chi connectivity index (χ0n) is 26.5. The SMILES string of the molecule is COc1cccc2c1C(=O)c1c(O)c3c(c(O)c1C2=O)C[C@@](O)(C(=O)CO)C[C@@H]3O[C@H]1C[C@H](N)[C@H](O)[C@H](C)O1.NC(CCC(=O)O)C(=O)O. The number of hydrogen-bond donors (Lipinski definition) is 9. The van der Waals surface area contributed by atoms with Crippen LogP contribution in [0.5, 0.6) is 17.2 Å². The lowest BCUT2D eigenvalue weighted by molar-refractivity contribution is -0.247. The van der Waals surface area contributed by atoms with Crippen LogP contribution in [0.25, 0.3) is 0 Å². The second kappa shape index (κ2) is 14.6. The molecule has 0 spiro atoms. The molecule has 0 bridgehead atoms. The quantitative estimate of drug-likeness (QED) is 0.125. The highest BCUT2D eigenvalue weighted by atomic mass is 16.7. The minimum atomic E-state index is -2.24. The van der Waals surface area contributed by atoms with E-state index in [4.69, 9.17) is 35.9 Å². The first-order chi connectivity index (χ1) is 23.0. The number of aliphatic carboxylic acids is 2. The fourth-order valence-corrected chi connectivity index (χ4v) is 6.15. The number of carbonyl (C=O) groups is 5. The van der Waals surface area contributed by atoms with Crippen LogP contribution in [-0.4, -0.2) is 115 Å². The maximum atomic E-state index is 13.6. The Kier molecular flexibility index (Phi) is 11.1. The van der Waals surface area contributed by atoms with Gasteiger partial charge in [0.05, 0.1) is 42.1 Å². The molecule has 1 saturated heterocycles. The van der Waals surface area contributed by atoms with E-state index in [9.17, 15) is 49.5 Å². The molecule has 11 N–H and O–H groups in total.